The lowest BCUT2D eigenvalue weighted by atomic mass is 9.94. The molecule has 0 aromatic heterocycles. The van der Waals surface area contributed by atoms with Crippen LogP contribution in [0, 0.1) is 0 Å². The molecule has 0 spiro atoms. The van der Waals surface area contributed by atoms with Gasteiger partial charge in [0, 0.05) is 24.5 Å². The standard InChI is InChI=1S/C28H28F3N3O6S/c1-39-27(36)33-16-22(32-41(37,38)21-14-12-20(13-15-21)40-28(29,30)31)26(35)25(17-33)34-23-8-4-2-6-18(23)10-11-19-7-3-5-9-24(19)34/h2-9,12-15,22,25-26,32,35H,10-11,16-17H2,1H3/t22-,25+,26+/m1/s1. The predicted molar refractivity (Wildman–Crippen MR) is 143 cm³/mol. The van der Waals surface area contributed by atoms with Crippen LogP contribution in [-0.4, -0.2) is 69.3 Å². The van der Waals surface area contributed by atoms with E-state index in [0.717, 1.165) is 59.6 Å². The number of amides is 1. The molecular formula is C28H28F3N3O6S. The van der Waals surface area contributed by atoms with Crippen LogP contribution in [0.5, 0.6) is 5.75 Å². The van der Waals surface area contributed by atoms with E-state index in [4.69, 9.17) is 4.74 Å². The highest BCUT2D eigenvalue weighted by atomic mass is 32.2. The summed E-state index contributed by atoms with van der Waals surface area (Å²) >= 11 is 0. The van der Waals surface area contributed by atoms with E-state index in [2.05, 4.69) is 9.46 Å². The molecule has 3 aromatic rings. The molecule has 1 fully saturated rings. The maximum atomic E-state index is 13.3. The molecule has 0 unspecified atom stereocenters. The molecule has 0 aliphatic carbocycles. The molecule has 3 atom stereocenters. The lowest BCUT2D eigenvalue weighted by molar-refractivity contribution is -0.274. The van der Waals surface area contributed by atoms with Crippen LogP contribution in [0.15, 0.2) is 77.7 Å². The van der Waals surface area contributed by atoms with E-state index < -0.39 is 46.4 Å². The van der Waals surface area contributed by atoms with Gasteiger partial charge >= 0.3 is 12.5 Å². The van der Waals surface area contributed by atoms with Crippen LogP contribution in [-0.2, 0) is 27.6 Å². The second kappa shape index (κ2) is 11.2. The van der Waals surface area contributed by atoms with Crippen molar-refractivity contribution in [2.24, 2.45) is 0 Å². The van der Waals surface area contributed by atoms with Crippen molar-refractivity contribution in [3.05, 3.63) is 83.9 Å². The number of likely N-dealkylation sites (tertiary alicyclic amines) is 1. The number of hydrogen-bond donors (Lipinski definition) is 2. The summed E-state index contributed by atoms with van der Waals surface area (Å²) in [5, 5.41) is 11.7. The summed E-state index contributed by atoms with van der Waals surface area (Å²) in [4.78, 5) is 15.6. The number of alkyl halides is 3. The number of carbonyl (C=O) groups excluding carboxylic acids is 1. The normalized spacial score (nSPS) is 21.0. The first-order valence-electron chi connectivity index (χ1n) is 12.8. The van der Waals surface area contributed by atoms with Gasteiger partial charge in [0.15, 0.2) is 0 Å². The zero-order valence-electron chi connectivity index (χ0n) is 21.9. The predicted octanol–water partition coefficient (Wildman–Crippen LogP) is 3.98. The number of aliphatic hydroxyl groups excluding tert-OH is 1. The molecule has 0 bridgehead atoms. The van der Waals surface area contributed by atoms with E-state index in [-0.39, 0.29) is 18.0 Å². The molecule has 3 aromatic carbocycles. The largest absolute Gasteiger partial charge is 0.573 e. The summed E-state index contributed by atoms with van der Waals surface area (Å²) in [6.45, 7) is -0.159. The number of para-hydroxylation sites is 2. The summed E-state index contributed by atoms with van der Waals surface area (Å²) in [5.41, 5.74) is 3.72. The Labute approximate surface area is 235 Å². The molecule has 1 amide bonds. The third kappa shape index (κ3) is 6.11. The minimum atomic E-state index is -4.93. The second-order valence-corrected chi connectivity index (χ2v) is 11.5. The zero-order valence-corrected chi connectivity index (χ0v) is 22.7. The molecule has 9 nitrogen and oxygen atoms in total. The molecule has 0 saturated carbocycles. The Balaban J connectivity index is 1.50. The molecule has 13 heteroatoms. The van der Waals surface area contributed by atoms with Crippen LogP contribution in [0.1, 0.15) is 11.1 Å². The summed E-state index contributed by atoms with van der Waals surface area (Å²) in [6.07, 6.45) is -5.43. The maximum Gasteiger partial charge on any atom is 0.573 e. The average Bonchev–Trinajstić information content (AvgIpc) is 3.10. The minimum absolute atomic E-state index is 0.0399. The van der Waals surface area contributed by atoms with Gasteiger partial charge in [0.05, 0.1) is 30.2 Å². The number of halogens is 3. The number of piperidine rings is 1. The summed E-state index contributed by atoms with van der Waals surface area (Å²) in [6, 6.07) is 17.2. The summed E-state index contributed by atoms with van der Waals surface area (Å²) in [5.74, 6) is -0.579. The van der Waals surface area contributed by atoms with Gasteiger partial charge in [-0.3, -0.25) is 0 Å². The van der Waals surface area contributed by atoms with E-state index in [0.29, 0.717) is 0 Å². The van der Waals surface area contributed by atoms with Gasteiger partial charge in [0.25, 0.3) is 0 Å². The first kappa shape index (κ1) is 28.7. The van der Waals surface area contributed by atoms with E-state index in [1.54, 1.807) is 0 Å². The van der Waals surface area contributed by atoms with Crippen molar-refractivity contribution in [1.82, 2.24) is 9.62 Å². The number of aliphatic hydroxyl groups is 1. The first-order valence-corrected chi connectivity index (χ1v) is 14.3. The van der Waals surface area contributed by atoms with Crippen LogP contribution in [0.4, 0.5) is 29.3 Å². The third-order valence-electron chi connectivity index (χ3n) is 7.24. The number of sulfonamides is 1. The molecule has 218 valence electrons. The fourth-order valence-electron chi connectivity index (χ4n) is 5.40. The molecule has 41 heavy (non-hydrogen) atoms. The number of hydrogen-bond acceptors (Lipinski definition) is 7. The average molecular weight is 592 g/mol. The van der Waals surface area contributed by atoms with Gasteiger partial charge in [0.2, 0.25) is 10.0 Å². The molecule has 2 N–H and O–H groups in total. The highest BCUT2D eigenvalue weighted by Gasteiger charge is 2.44. The number of anilines is 2. The highest BCUT2D eigenvalue weighted by molar-refractivity contribution is 7.89. The van der Waals surface area contributed by atoms with Crippen LogP contribution in [0.3, 0.4) is 0 Å². The molecule has 5 rings (SSSR count). The molecular weight excluding hydrogens is 563 g/mol. The molecule has 2 aliphatic rings. The molecule has 2 heterocycles. The number of benzene rings is 3. The van der Waals surface area contributed by atoms with Gasteiger partial charge in [-0.2, -0.15) is 0 Å². The Morgan fingerprint density at radius 2 is 1.49 bits per heavy atom. The number of aryl methyl sites for hydroxylation is 2. The Morgan fingerprint density at radius 3 is 2.02 bits per heavy atom. The first-order chi connectivity index (χ1) is 19.5. The number of fused-ring (bicyclic) bond motifs is 2. The molecule has 1 saturated heterocycles. The Kier molecular flexibility index (Phi) is 7.86. The van der Waals surface area contributed by atoms with Crippen LogP contribution < -0.4 is 14.4 Å². The quantitative estimate of drug-likeness (QED) is 0.462. The van der Waals surface area contributed by atoms with Crippen molar-refractivity contribution >= 4 is 27.5 Å². The zero-order chi connectivity index (χ0) is 29.4. The van der Waals surface area contributed by atoms with Gasteiger partial charge in [-0.15, -0.1) is 13.2 Å². The van der Waals surface area contributed by atoms with E-state index in [1.165, 1.54) is 12.0 Å². The Bertz CT molecular complexity index is 1470. The van der Waals surface area contributed by atoms with E-state index in [1.807, 2.05) is 53.4 Å². The Hall–Kier alpha value is -3.81. The van der Waals surface area contributed by atoms with Crippen LogP contribution in [0.2, 0.25) is 0 Å². The number of carbonyl (C=O) groups is 1. The molecule has 0 radical (unpaired) electrons. The fraction of sp³-hybridized carbons (Fsp3) is 0.321. The van der Waals surface area contributed by atoms with Gasteiger partial charge in [0.1, 0.15) is 5.75 Å². The number of methoxy groups -OCH3 is 1. The van der Waals surface area contributed by atoms with Gasteiger partial charge in [-0.25, -0.2) is 17.9 Å². The number of nitrogens with zero attached hydrogens (tertiary/aromatic N) is 2. The summed E-state index contributed by atoms with van der Waals surface area (Å²) < 4.78 is 75.4. The van der Waals surface area contributed by atoms with E-state index in [9.17, 15) is 31.5 Å². The third-order valence-corrected chi connectivity index (χ3v) is 8.74. The van der Waals surface area contributed by atoms with Crippen molar-refractivity contribution < 1.29 is 41.0 Å². The van der Waals surface area contributed by atoms with Crippen molar-refractivity contribution in [1.29, 1.82) is 0 Å². The topological polar surface area (TPSA) is 108 Å². The highest BCUT2D eigenvalue weighted by Crippen LogP contribution is 2.39. The minimum Gasteiger partial charge on any atom is -0.453 e. The van der Waals surface area contributed by atoms with Gasteiger partial charge < -0.3 is 24.4 Å². The smallest absolute Gasteiger partial charge is 0.453 e. The Morgan fingerprint density at radius 1 is 0.927 bits per heavy atom. The maximum absolute atomic E-state index is 13.3. The lowest BCUT2D eigenvalue weighted by Crippen LogP contribution is -2.66. The van der Waals surface area contributed by atoms with Crippen molar-refractivity contribution in [2.75, 3.05) is 25.1 Å². The van der Waals surface area contributed by atoms with Crippen molar-refractivity contribution in [2.45, 2.75) is 42.3 Å². The number of rotatable bonds is 5. The monoisotopic (exact) mass is 591 g/mol. The summed E-state index contributed by atoms with van der Waals surface area (Å²) in [7, 11) is -3.12. The van der Waals surface area contributed by atoms with Gasteiger partial charge in [-0.1, -0.05) is 36.4 Å². The lowest BCUT2D eigenvalue weighted by Gasteiger charge is -2.46. The number of nitrogens with one attached hydrogen (secondary N) is 1. The van der Waals surface area contributed by atoms with Crippen LogP contribution in [0.25, 0.3) is 0 Å². The van der Waals surface area contributed by atoms with Crippen LogP contribution >= 0.6 is 0 Å². The molecule has 2 aliphatic heterocycles. The second-order valence-electron chi connectivity index (χ2n) is 9.81. The van der Waals surface area contributed by atoms with Gasteiger partial charge in [-0.05, 0) is 60.4 Å². The van der Waals surface area contributed by atoms with Crippen molar-refractivity contribution in [3.63, 3.8) is 0 Å². The number of ether oxygens (including phenoxy) is 2. The fourth-order valence-corrected chi connectivity index (χ4v) is 6.64. The van der Waals surface area contributed by atoms with E-state index >= 15 is 0 Å². The SMILES string of the molecule is COC(=O)N1C[C@@H](NS(=O)(=O)c2ccc(OC(F)(F)F)cc2)[C@H](O)[C@@H](N2c3ccccc3CCc3ccccc32)C1. The van der Waals surface area contributed by atoms with Crippen molar-refractivity contribution in [3.8, 4) is 5.75 Å².